The molecule has 0 saturated carbocycles. The van der Waals surface area contributed by atoms with E-state index in [9.17, 15) is 0 Å². The monoisotopic (exact) mass is 394 g/mol. The molecule has 3 aromatic heterocycles. The molecule has 10 heteroatoms. The predicted molar refractivity (Wildman–Crippen MR) is 107 cm³/mol. The van der Waals surface area contributed by atoms with Crippen LogP contribution in [0, 0.1) is 0 Å². The molecule has 3 aromatic carbocycles. The van der Waals surface area contributed by atoms with Gasteiger partial charge in [0.2, 0.25) is 5.41 Å². The summed E-state index contributed by atoms with van der Waals surface area (Å²) in [6, 6.07) is 23.1. The molecular weight excluding hydrogens is 382 g/mol. The molecule has 0 fully saturated rings. The lowest BCUT2D eigenvalue weighted by Gasteiger charge is -2.31. The fraction of sp³-hybridized carbons (Fsp3) is 0.0526. The number of fused-ring (bicyclic) bond motifs is 3. The van der Waals surface area contributed by atoms with Gasteiger partial charge in [0.25, 0.3) is 0 Å². The minimum absolute atomic E-state index is 0.754. The predicted octanol–water partition coefficient (Wildman–Crippen LogP) is 1.75. The second-order valence-corrected chi connectivity index (χ2v) is 7.28. The fourth-order valence-corrected chi connectivity index (χ4v) is 4.06. The van der Waals surface area contributed by atoms with Gasteiger partial charge in [-0.25, -0.2) is 14.0 Å². The van der Waals surface area contributed by atoms with E-state index in [0.29, 0.717) is 0 Å². The van der Waals surface area contributed by atoms with Crippen molar-refractivity contribution in [3.05, 3.63) is 72.8 Å². The first-order valence-electron chi connectivity index (χ1n) is 8.94. The van der Waals surface area contributed by atoms with Crippen molar-refractivity contribution in [2.75, 3.05) is 0 Å². The highest BCUT2D eigenvalue weighted by Gasteiger charge is 2.38. The van der Waals surface area contributed by atoms with Gasteiger partial charge in [-0.15, -0.1) is 15.3 Å². The Balaban J connectivity index is 1.76. The molecule has 6 aromatic rings. The maximum atomic E-state index is 4.43. The van der Waals surface area contributed by atoms with E-state index in [0.717, 1.165) is 33.1 Å². The molecule has 0 aliphatic heterocycles. The summed E-state index contributed by atoms with van der Waals surface area (Å²) in [5.41, 5.74) is 3.48. The van der Waals surface area contributed by atoms with Gasteiger partial charge >= 0.3 is 0 Å². The standard InChI is InChI=1S/C19H12N9Si/c29-19(26-16-10-4-1-7-13(16)20-23-26,27-17-11-5-2-8-14(17)21-24-27)28-18-12-6-3-9-15(18)22-25-28/h1-12H. The Hall–Kier alpha value is -3.92. The van der Waals surface area contributed by atoms with Gasteiger partial charge in [0.15, 0.2) is 0 Å². The molecule has 6 rings (SSSR count). The summed E-state index contributed by atoms with van der Waals surface area (Å²) in [7, 11) is 3.96. The Morgan fingerprint density at radius 3 is 1.17 bits per heavy atom. The number of para-hydroxylation sites is 3. The average molecular weight is 394 g/mol. The van der Waals surface area contributed by atoms with Crippen molar-refractivity contribution < 1.29 is 0 Å². The number of aromatic nitrogens is 9. The van der Waals surface area contributed by atoms with Crippen LogP contribution in [0.3, 0.4) is 0 Å². The van der Waals surface area contributed by atoms with Gasteiger partial charge < -0.3 is 0 Å². The van der Waals surface area contributed by atoms with Crippen LogP contribution in [0.5, 0.6) is 0 Å². The van der Waals surface area contributed by atoms with E-state index in [1.54, 1.807) is 14.0 Å². The van der Waals surface area contributed by atoms with Crippen molar-refractivity contribution in [2.45, 2.75) is 5.41 Å². The molecule has 3 heterocycles. The van der Waals surface area contributed by atoms with E-state index in [1.165, 1.54) is 0 Å². The fourth-order valence-electron chi connectivity index (χ4n) is 3.57. The van der Waals surface area contributed by atoms with Crippen molar-refractivity contribution in [3.8, 4) is 0 Å². The highest BCUT2D eigenvalue weighted by Crippen LogP contribution is 2.27. The van der Waals surface area contributed by atoms with Crippen molar-refractivity contribution in [1.29, 1.82) is 0 Å². The topological polar surface area (TPSA) is 92.1 Å². The molecule has 29 heavy (non-hydrogen) atoms. The quantitative estimate of drug-likeness (QED) is 0.425. The Kier molecular flexibility index (Phi) is 3.21. The van der Waals surface area contributed by atoms with Crippen molar-refractivity contribution in [3.63, 3.8) is 0 Å². The third-order valence-corrected chi connectivity index (χ3v) is 5.58. The third-order valence-electron chi connectivity index (χ3n) is 4.94. The lowest BCUT2D eigenvalue weighted by molar-refractivity contribution is 0.235. The van der Waals surface area contributed by atoms with Crippen LogP contribution >= 0.6 is 0 Å². The van der Waals surface area contributed by atoms with Crippen LogP contribution in [0.2, 0.25) is 0 Å². The highest BCUT2D eigenvalue weighted by molar-refractivity contribution is 6.14. The number of nitrogens with zero attached hydrogens (tertiary/aromatic N) is 9. The molecule has 9 nitrogen and oxygen atoms in total. The van der Waals surface area contributed by atoms with Crippen LogP contribution in [0.4, 0.5) is 0 Å². The molecule has 0 amide bonds. The first-order chi connectivity index (χ1) is 14.3. The van der Waals surface area contributed by atoms with Crippen molar-refractivity contribution in [2.24, 2.45) is 0 Å². The average Bonchev–Trinajstić information content (AvgIpc) is 3.49. The minimum Gasteiger partial charge on any atom is -0.201 e. The molecule has 0 N–H and O–H groups in total. The minimum atomic E-state index is -1.21. The number of benzene rings is 3. The zero-order valence-electron chi connectivity index (χ0n) is 15.0. The first kappa shape index (κ1) is 16.1. The van der Waals surface area contributed by atoms with Crippen LogP contribution in [0.1, 0.15) is 0 Å². The molecule has 3 radical (unpaired) electrons. The third kappa shape index (κ3) is 2.14. The Bertz CT molecular complexity index is 1320. The second-order valence-electron chi connectivity index (χ2n) is 6.61. The van der Waals surface area contributed by atoms with Crippen LogP contribution < -0.4 is 0 Å². The van der Waals surface area contributed by atoms with Crippen LogP contribution in [-0.2, 0) is 5.41 Å². The largest absolute Gasteiger partial charge is 0.228 e. The highest BCUT2D eigenvalue weighted by atomic mass is 28.1. The molecule has 137 valence electrons. The number of rotatable bonds is 3. The molecular formula is C19H12N9Si. The van der Waals surface area contributed by atoms with Gasteiger partial charge in [0.05, 0.1) is 16.6 Å². The lowest BCUT2D eigenvalue weighted by Crippen LogP contribution is -2.50. The van der Waals surface area contributed by atoms with E-state index in [2.05, 4.69) is 41.2 Å². The molecule has 0 atom stereocenters. The molecule has 0 bridgehead atoms. The van der Waals surface area contributed by atoms with Gasteiger partial charge in [-0.2, -0.15) is 0 Å². The SMILES string of the molecule is [Si]C(n1nnc2ccccc21)(n1nnc2ccccc21)n1nnc2ccccc21. The lowest BCUT2D eigenvalue weighted by atomic mass is 10.3. The van der Waals surface area contributed by atoms with E-state index >= 15 is 0 Å². The summed E-state index contributed by atoms with van der Waals surface area (Å²) in [6.45, 7) is 0. The number of hydrogen-bond acceptors (Lipinski definition) is 6. The molecule has 0 unspecified atom stereocenters. The summed E-state index contributed by atoms with van der Waals surface area (Å²) < 4.78 is 5.17. The Morgan fingerprint density at radius 1 is 0.517 bits per heavy atom. The van der Waals surface area contributed by atoms with Crippen molar-refractivity contribution in [1.82, 2.24) is 45.0 Å². The van der Waals surface area contributed by atoms with Gasteiger partial charge in [0, 0.05) is 0 Å². The van der Waals surface area contributed by atoms with E-state index in [-0.39, 0.29) is 0 Å². The number of hydrogen-bond donors (Lipinski definition) is 0. The van der Waals surface area contributed by atoms with Gasteiger partial charge in [-0.05, 0) is 36.4 Å². The van der Waals surface area contributed by atoms with Gasteiger partial charge in [-0.3, -0.25) is 0 Å². The summed E-state index contributed by atoms with van der Waals surface area (Å²) in [5.74, 6) is 0. The van der Waals surface area contributed by atoms with E-state index in [4.69, 9.17) is 0 Å². The Morgan fingerprint density at radius 2 is 0.828 bits per heavy atom. The van der Waals surface area contributed by atoms with E-state index < -0.39 is 5.41 Å². The van der Waals surface area contributed by atoms with Gasteiger partial charge in [0.1, 0.15) is 26.8 Å². The first-order valence-corrected chi connectivity index (χ1v) is 9.44. The van der Waals surface area contributed by atoms with E-state index in [1.807, 2.05) is 72.8 Å². The summed E-state index contributed by atoms with van der Waals surface area (Å²) in [6.07, 6.45) is 0. The van der Waals surface area contributed by atoms with Gasteiger partial charge in [-0.1, -0.05) is 52.0 Å². The molecule has 0 aliphatic rings. The zero-order chi connectivity index (χ0) is 19.4. The maximum Gasteiger partial charge on any atom is 0.228 e. The summed E-state index contributed by atoms with van der Waals surface area (Å²) in [5, 5.41) is 26.3. The summed E-state index contributed by atoms with van der Waals surface area (Å²) >= 11 is 0. The second kappa shape index (κ2) is 5.79. The molecule has 0 saturated heterocycles. The normalized spacial score (nSPS) is 12.3. The molecule has 0 aliphatic carbocycles. The zero-order valence-corrected chi connectivity index (χ0v) is 16.0. The van der Waals surface area contributed by atoms with Crippen molar-refractivity contribution >= 4 is 43.3 Å². The summed E-state index contributed by atoms with van der Waals surface area (Å²) in [4.78, 5) is 0. The maximum absolute atomic E-state index is 4.43. The smallest absolute Gasteiger partial charge is 0.201 e. The van der Waals surface area contributed by atoms with Crippen LogP contribution in [0.15, 0.2) is 72.8 Å². The van der Waals surface area contributed by atoms with Crippen LogP contribution in [-0.4, -0.2) is 55.2 Å². The van der Waals surface area contributed by atoms with Crippen LogP contribution in [0.25, 0.3) is 33.1 Å². The Labute approximate surface area is 167 Å². The molecule has 0 spiro atoms.